The molecule has 0 spiro atoms. The van der Waals surface area contributed by atoms with Crippen LogP contribution in [0.5, 0.6) is 0 Å². The summed E-state index contributed by atoms with van der Waals surface area (Å²) in [5, 5.41) is 2.67. The van der Waals surface area contributed by atoms with Crippen LogP contribution in [-0.4, -0.2) is 31.9 Å². The van der Waals surface area contributed by atoms with Crippen molar-refractivity contribution in [3.8, 4) is 0 Å². The third-order valence-corrected chi connectivity index (χ3v) is 5.03. The molecule has 0 radical (unpaired) electrons. The molecule has 0 aromatic heterocycles. The zero-order chi connectivity index (χ0) is 15.5. The Hall–Kier alpha value is -0.780. The van der Waals surface area contributed by atoms with Crippen LogP contribution in [0.1, 0.15) is 19.4 Å². The van der Waals surface area contributed by atoms with Crippen LogP contribution < -0.4 is 5.32 Å². The highest BCUT2D eigenvalue weighted by Crippen LogP contribution is 2.22. The van der Waals surface area contributed by atoms with E-state index in [0.29, 0.717) is 16.5 Å². The Bertz CT molecular complexity index is 602. The lowest BCUT2D eigenvalue weighted by molar-refractivity contribution is -0.121. The van der Waals surface area contributed by atoms with Crippen LogP contribution in [0.4, 0.5) is 0 Å². The molecule has 0 saturated carbocycles. The van der Waals surface area contributed by atoms with Crippen molar-refractivity contribution in [3.05, 3.63) is 33.8 Å². The van der Waals surface area contributed by atoms with Crippen molar-refractivity contribution in [2.24, 2.45) is 0 Å². The van der Waals surface area contributed by atoms with Crippen molar-refractivity contribution >= 4 is 38.9 Å². The number of hydrogen-bond acceptors (Lipinski definition) is 3. The Morgan fingerprint density at radius 2 is 1.90 bits per heavy atom. The van der Waals surface area contributed by atoms with Crippen LogP contribution >= 0.6 is 23.2 Å². The SMILES string of the molecule is C[C@@H](Cc1ccc(Cl)cc1Cl)NC(=O)[C@H](C)S(C)(=O)=O. The average molecular weight is 338 g/mol. The Morgan fingerprint density at radius 1 is 1.30 bits per heavy atom. The molecule has 0 unspecified atom stereocenters. The van der Waals surface area contributed by atoms with E-state index in [1.165, 1.54) is 6.92 Å². The van der Waals surface area contributed by atoms with Crippen LogP contribution in [-0.2, 0) is 21.1 Å². The number of rotatable bonds is 5. The highest BCUT2D eigenvalue weighted by molar-refractivity contribution is 7.92. The molecule has 1 N–H and O–H groups in total. The van der Waals surface area contributed by atoms with Gasteiger partial charge in [-0.15, -0.1) is 0 Å². The van der Waals surface area contributed by atoms with Gasteiger partial charge in [-0.3, -0.25) is 4.79 Å². The number of halogens is 2. The Morgan fingerprint density at radius 3 is 2.40 bits per heavy atom. The lowest BCUT2D eigenvalue weighted by Crippen LogP contribution is -2.42. The van der Waals surface area contributed by atoms with E-state index in [1.54, 1.807) is 25.1 Å². The van der Waals surface area contributed by atoms with Crippen LogP contribution in [0.3, 0.4) is 0 Å². The number of carbonyl (C=O) groups is 1. The minimum Gasteiger partial charge on any atom is -0.352 e. The fourth-order valence-corrected chi connectivity index (χ4v) is 2.57. The number of benzene rings is 1. The summed E-state index contributed by atoms with van der Waals surface area (Å²) in [7, 11) is -3.39. The van der Waals surface area contributed by atoms with E-state index in [9.17, 15) is 13.2 Å². The van der Waals surface area contributed by atoms with Gasteiger partial charge in [-0.2, -0.15) is 0 Å². The van der Waals surface area contributed by atoms with E-state index in [-0.39, 0.29) is 6.04 Å². The molecule has 0 aliphatic carbocycles. The Kier molecular flexibility index (Phi) is 5.86. The lowest BCUT2D eigenvalue weighted by atomic mass is 10.1. The van der Waals surface area contributed by atoms with Gasteiger partial charge in [0.2, 0.25) is 5.91 Å². The molecular formula is C13H17Cl2NO3S. The van der Waals surface area contributed by atoms with E-state index in [0.717, 1.165) is 11.8 Å². The highest BCUT2D eigenvalue weighted by Gasteiger charge is 2.24. The maximum atomic E-state index is 11.8. The van der Waals surface area contributed by atoms with Gasteiger partial charge in [-0.25, -0.2) is 8.42 Å². The number of hydrogen-bond donors (Lipinski definition) is 1. The molecule has 20 heavy (non-hydrogen) atoms. The minimum atomic E-state index is -3.39. The van der Waals surface area contributed by atoms with E-state index in [4.69, 9.17) is 23.2 Å². The normalized spacial score (nSPS) is 14.7. The smallest absolute Gasteiger partial charge is 0.238 e. The van der Waals surface area contributed by atoms with Gasteiger partial charge < -0.3 is 5.32 Å². The van der Waals surface area contributed by atoms with Crippen LogP contribution in [0, 0.1) is 0 Å². The van der Waals surface area contributed by atoms with Gasteiger partial charge in [0.1, 0.15) is 5.25 Å². The summed E-state index contributed by atoms with van der Waals surface area (Å²) in [6.07, 6.45) is 1.54. The molecule has 1 aromatic rings. The molecule has 0 bridgehead atoms. The number of carbonyl (C=O) groups excluding carboxylic acids is 1. The minimum absolute atomic E-state index is 0.231. The summed E-state index contributed by atoms with van der Waals surface area (Å²) in [6, 6.07) is 4.90. The van der Waals surface area contributed by atoms with Crippen molar-refractivity contribution < 1.29 is 13.2 Å². The molecule has 0 aliphatic heterocycles. The lowest BCUT2D eigenvalue weighted by Gasteiger charge is -2.17. The summed E-state index contributed by atoms with van der Waals surface area (Å²) in [6.45, 7) is 3.16. The quantitative estimate of drug-likeness (QED) is 0.897. The van der Waals surface area contributed by atoms with Crippen molar-refractivity contribution in [2.45, 2.75) is 31.6 Å². The first kappa shape index (κ1) is 17.3. The third kappa shape index (κ3) is 4.96. The van der Waals surface area contributed by atoms with E-state index in [1.807, 2.05) is 0 Å². The molecule has 4 nitrogen and oxygen atoms in total. The van der Waals surface area contributed by atoms with Crippen LogP contribution in [0.25, 0.3) is 0 Å². The maximum absolute atomic E-state index is 11.8. The molecule has 112 valence electrons. The third-order valence-electron chi connectivity index (χ3n) is 2.94. The van der Waals surface area contributed by atoms with Gasteiger partial charge in [0, 0.05) is 22.3 Å². The van der Waals surface area contributed by atoms with E-state index >= 15 is 0 Å². The zero-order valence-corrected chi connectivity index (χ0v) is 13.8. The molecular weight excluding hydrogens is 321 g/mol. The second-order valence-electron chi connectivity index (χ2n) is 4.82. The number of nitrogens with one attached hydrogen (secondary N) is 1. The van der Waals surface area contributed by atoms with E-state index in [2.05, 4.69) is 5.32 Å². The van der Waals surface area contributed by atoms with E-state index < -0.39 is 21.0 Å². The molecule has 7 heteroatoms. The summed E-state index contributed by atoms with van der Waals surface area (Å²) in [5.41, 5.74) is 0.843. The molecule has 1 amide bonds. The Labute approximate surface area is 129 Å². The number of amides is 1. The van der Waals surface area contributed by atoms with Crippen molar-refractivity contribution in [3.63, 3.8) is 0 Å². The van der Waals surface area contributed by atoms with Gasteiger partial charge in [0.05, 0.1) is 0 Å². The van der Waals surface area contributed by atoms with Crippen LogP contribution in [0.2, 0.25) is 10.0 Å². The van der Waals surface area contributed by atoms with Crippen LogP contribution in [0.15, 0.2) is 18.2 Å². The fraction of sp³-hybridized carbons (Fsp3) is 0.462. The predicted octanol–water partition coefficient (Wildman–Crippen LogP) is 2.47. The van der Waals surface area contributed by atoms with Crippen molar-refractivity contribution in [1.82, 2.24) is 5.32 Å². The summed E-state index contributed by atoms with van der Waals surface area (Å²) >= 11 is 11.9. The zero-order valence-electron chi connectivity index (χ0n) is 11.5. The van der Waals surface area contributed by atoms with Crippen molar-refractivity contribution in [2.75, 3.05) is 6.26 Å². The van der Waals surface area contributed by atoms with Gasteiger partial charge >= 0.3 is 0 Å². The molecule has 0 aliphatic rings. The first-order chi connectivity index (χ1) is 9.11. The molecule has 2 atom stereocenters. The molecule has 0 heterocycles. The van der Waals surface area contributed by atoms with Gasteiger partial charge in [-0.1, -0.05) is 29.3 Å². The Balaban J connectivity index is 2.68. The topological polar surface area (TPSA) is 63.2 Å². The van der Waals surface area contributed by atoms with Crippen molar-refractivity contribution in [1.29, 1.82) is 0 Å². The first-order valence-electron chi connectivity index (χ1n) is 6.04. The predicted molar refractivity (Wildman–Crippen MR) is 82.1 cm³/mol. The summed E-state index contributed by atoms with van der Waals surface area (Å²) in [4.78, 5) is 11.8. The molecule has 1 aromatic carbocycles. The average Bonchev–Trinajstić information content (AvgIpc) is 2.30. The van der Waals surface area contributed by atoms with Gasteiger partial charge in [-0.05, 0) is 38.0 Å². The second-order valence-corrected chi connectivity index (χ2v) is 8.03. The van der Waals surface area contributed by atoms with Gasteiger partial charge in [0.25, 0.3) is 0 Å². The van der Waals surface area contributed by atoms with Gasteiger partial charge in [0.15, 0.2) is 9.84 Å². The largest absolute Gasteiger partial charge is 0.352 e. The molecule has 0 fully saturated rings. The second kappa shape index (κ2) is 6.78. The highest BCUT2D eigenvalue weighted by atomic mass is 35.5. The number of sulfone groups is 1. The fourth-order valence-electron chi connectivity index (χ4n) is 1.62. The first-order valence-corrected chi connectivity index (χ1v) is 8.75. The monoisotopic (exact) mass is 337 g/mol. The maximum Gasteiger partial charge on any atom is 0.238 e. The standard InChI is InChI=1S/C13H17Cl2NO3S/c1-8(16-13(17)9(2)20(3,18)19)6-10-4-5-11(14)7-12(10)15/h4-5,7-9H,6H2,1-3H3,(H,16,17)/t8-,9-/m0/s1. The summed E-state index contributed by atoms with van der Waals surface area (Å²) < 4.78 is 22.6. The molecule has 0 saturated heterocycles. The summed E-state index contributed by atoms with van der Waals surface area (Å²) in [5.74, 6) is -0.509. The molecule has 1 rings (SSSR count).